The first-order valence-electron chi connectivity index (χ1n) is 2.62. The standard InChI is InChI=1S/C3H9O7PS/c1-7-11(4,8-2)10-12(5,6)9-3/h1-3H3. The molecule has 0 aromatic carbocycles. The van der Waals surface area contributed by atoms with E-state index < -0.39 is 18.2 Å². The summed E-state index contributed by atoms with van der Waals surface area (Å²) in [4.78, 5) is 0. The van der Waals surface area contributed by atoms with E-state index in [9.17, 15) is 13.0 Å². The monoisotopic (exact) mass is 220 g/mol. The average Bonchev–Trinajstić information content (AvgIpc) is 2.04. The fraction of sp³-hybridized carbons (Fsp3) is 1.00. The van der Waals surface area contributed by atoms with Gasteiger partial charge < -0.3 is 0 Å². The van der Waals surface area contributed by atoms with Crippen LogP contribution in [0, 0.1) is 0 Å². The second-order valence-corrected chi connectivity index (χ2v) is 4.83. The molecule has 0 amide bonds. The van der Waals surface area contributed by atoms with Crippen LogP contribution in [0.25, 0.3) is 0 Å². The van der Waals surface area contributed by atoms with Gasteiger partial charge in [-0.2, -0.15) is 8.42 Å². The van der Waals surface area contributed by atoms with Crippen molar-refractivity contribution in [2.24, 2.45) is 0 Å². The minimum atomic E-state index is -4.31. The van der Waals surface area contributed by atoms with Crippen molar-refractivity contribution >= 4 is 18.2 Å². The minimum Gasteiger partial charge on any atom is -0.289 e. The molecule has 0 rings (SSSR count). The van der Waals surface area contributed by atoms with Crippen molar-refractivity contribution in [3.8, 4) is 0 Å². The van der Waals surface area contributed by atoms with Crippen LogP contribution >= 0.6 is 7.82 Å². The van der Waals surface area contributed by atoms with E-state index in [0.29, 0.717) is 0 Å². The van der Waals surface area contributed by atoms with Crippen LogP contribution in [-0.4, -0.2) is 29.7 Å². The SMILES string of the molecule is COP(=O)(OC)OS(=O)(=O)OC. The lowest BCUT2D eigenvalue weighted by Gasteiger charge is -2.10. The number of hydrogen-bond donors (Lipinski definition) is 0. The van der Waals surface area contributed by atoms with Crippen LogP contribution in [0.2, 0.25) is 0 Å². The van der Waals surface area contributed by atoms with Crippen molar-refractivity contribution in [3.05, 3.63) is 0 Å². The number of phosphoric acid groups is 1. The molecule has 0 unspecified atom stereocenters. The van der Waals surface area contributed by atoms with Crippen molar-refractivity contribution in [1.82, 2.24) is 0 Å². The minimum absolute atomic E-state index is 0.852. The highest BCUT2D eigenvalue weighted by Crippen LogP contribution is 2.49. The molecule has 74 valence electrons. The lowest BCUT2D eigenvalue weighted by molar-refractivity contribution is 0.199. The van der Waals surface area contributed by atoms with Gasteiger partial charge in [0, 0.05) is 14.2 Å². The highest BCUT2D eigenvalue weighted by molar-refractivity contribution is 7.86. The molecule has 9 heteroatoms. The van der Waals surface area contributed by atoms with E-state index in [-0.39, 0.29) is 0 Å². The van der Waals surface area contributed by atoms with Crippen molar-refractivity contribution in [2.45, 2.75) is 0 Å². The van der Waals surface area contributed by atoms with Crippen molar-refractivity contribution in [2.75, 3.05) is 21.3 Å². The van der Waals surface area contributed by atoms with Crippen molar-refractivity contribution in [1.29, 1.82) is 0 Å². The Bertz CT molecular complexity index is 260. The number of phosphoric ester groups is 1. The van der Waals surface area contributed by atoms with Gasteiger partial charge in [-0.1, -0.05) is 0 Å². The summed E-state index contributed by atoms with van der Waals surface area (Å²) in [6, 6.07) is 0. The maximum Gasteiger partial charge on any atom is 0.490 e. The molecule has 0 saturated heterocycles. The zero-order valence-corrected chi connectivity index (χ0v) is 8.42. The fourth-order valence-corrected chi connectivity index (χ4v) is 2.05. The van der Waals surface area contributed by atoms with Gasteiger partial charge in [0.15, 0.2) is 0 Å². The van der Waals surface area contributed by atoms with Gasteiger partial charge in [0.1, 0.15) is 0 Å². The molecule has 0 aliphatic carbocycles. The molecule has 0 radical (unpaired) electrons. The van der Waals surface area contributed by atoms with Gasteiger partial charge in [0.25, 0.3) is 0 Å². The Morgan fingerprint density at radius 2 is 1.50 bits per heavy atom. The molecule has 0 spiro atoms. The first-order chi connectivity index (χ1) is 5.39. The molecule has 12 heavy (non-hydrogen) atoms. The molecule has 0 atom stereocenters. The Morgan fingerprint density at radius 1 is 1.08 bits per heavy atom. The summed E-state index contributed by atoms with van der Waals surface area (Å²) in [5, 5.41) is 0. The van der Waals surface area contributed by atoms with E-state index >= 15 is 0 Å². The Labute approximate surface area is 70.5 Å². The van der Waals surface area contributed by atoms with Crippen LogP contribution in [0.15, 0.2) is 0 Å². The van der Waals surface area contributed by atoms with Gasteiger partial charge in [-0.3, -0.25) is 13.2 Å². The molecule has 0 aliphatic rings. The molecule has 0 saturated carbocycles. The first kappa shape index (κ1) is 12.0. The third-order valence-electron chi connectivity index (χ3n) is 0.834. The summed E-state index contributed by atoms with van der Waals surface area (Å²) in [7, 11) is -5.53. The molecular weight excluding hydrogens is 211 g/mol. The summed E-state index contributed by atoms with van der Waals surface area (Å²) in [5.41, 5.74) is 0. The molecule has 0 bridgehead atoms. The fourth-order valence-electron chi connectivity index (χ4n) is 0.278. The van der Waals surface area contributed by atoms with E-state index in [0.717, 1.165) is 21.3 Å². The van der Waals surface area contributed by atoms with E-state index in [2.05, 4.69) is 17.2 Å². The highest BCUT2D eigenvalue weighted by atomic mass is 32.3. The van der Waals surface area contributed by atoms with Gasteiger partial charge in [0.05, 0.1) is 7.11 Å². The van der Waals surface area contributed by atoms with Crippen molar-refractivity contribution < 1.29 is 30.2 Å². The van der Waals surface area contributed by atoms with Crippen LogP contribution < -0.4 is 0 Å². The molecule has 0 N–H and O–H groups in total. The van der Waals surface area contributed by atoms with Gasteiger partial charge in [-0.25, -0.2) is 4.57 Å². The average molecular weight is 220 g/mol. The summed E-state index contributed by atoms with van der Waals surface area (Å²) in [6.07, 6.45) is 0. The summed E-state index contributed by atoms with van der Waals surface area (Å²) >= 11 is 0. The second-order valence-electron chi connectivity index (χ2n) is 1.46. The van der Waals surface area contributed by atoms with Crippen LogP contribution in [0.1, 0.15) is 0 Å². The van der Waals surface area contributed by atoms with E-state index in [1.807, 2.05) is 0 Å². The third kappa shape index (κ3) is 3.61. The highest BCUT2D eigenvalue weighted by Gasteiger charge is 2.31. The third-order valence-corrected chi connectivity index (χ3v) is 3.60. The van der Waals surface area contributed by atoms with E-state index in [1.165, 1.54) is 0 Å². The predicted molar refractivity (Wildman–Crippen MR) is 38.6 cm³/mol. The second kappa shape index (κ2) is 4.31. The Morgan fingerprint density at radius 3 is 1.75 bits per heavy atom. The van der Waals surface area contributed by atoms with E-state index in [1.54, 1.807) is 0 Å². The summed E-state index contributed by atoms with van der Waals surface area (Å²) in [5.74, 6) is 0. The molecule has 0 fully saturated rings. The zero-order chi connectivity index (χ0) is 9.83. The maximum atomic E-state index is 11.0. The number of rotatable bonds is 5. The first-order valence-corrected chi connectivity index (χ1v) is 5.42. The smallest absolute Gasteiger partial charge is 0.289 e. The van der Waals surface area contributed by atoms with Crippen LogP contribution in [0.3, 0.4) is 0 Å². The Kier molecular flexibility index (Phi) is 4.32. The Balaban J connectivity index is 4.54. The number of hydrogen-bond acceptors (Lipinski definition) is 7. The maximum absolute atomic E-state index is 11.0. The van der Waals surface area contributed by atoms with Gasteiger partial charge in [-0.05, 0) is 0 Å². The normalized spacial score (nSPS) is 13.2. The van der Waals surface area contributed by atoms with Gasteiger partial charge in [-0.15, -0.1) is 3.97 Å². The summed E-state index contributed by atoms with van der Waals surface area (Å²) in [6.45, 7) is 0. The lowest BCUT2D eigenvalue weighted by Crippen LogP contribution is -2.07. The van der Waals surface area contributed by atoms with Gasteiger partial charge >= 0.3 is 18.2 Å². The molecule has 0 heterocycles. The van der Waals surface area contributed by atoms with Crippen LogP contribution in [0.4, 0.5) is 0 Å². The topological polar surface area (TPSA) is 88.1 Å². The molecule has 0 aromatic heterocycles. The zero-order valence-electron chi connectivity index (χ0n) is 6.71. The van der Waals surface area contributed by atoms with E-state index in [4.69, 9.17) is 0 Å². The van der Waals surface area contributed by atoms with Gasteiger partial charge in [0.2, 0.25) is 0 Å². The largest absolute Gasteiger partial charge is 0.490 e. The molecule has 0 aromatic rings. The van der Waals surface area contributed by atoms with Crippen LogP contribution in [0.5, 0.6) is 0 Å². The molecule has 0 aliphatic heterocycles. The lowest BCUT2D eigenvalue weighted by atomic mass is 11.8. The molecular formula is C3H9O7PS. The van der Waals surface area contributed by atoms with Crippen LogP contribution in [-0.2, 0) is 32.2 Å². The Hall–Kier alpha value is 0.0200. The van der Waals surface area contributed by atoms with Crippen molar-refractivity contribution in [3.63, 3.8) is 0 Å². The molecule has 7 nitrogen and oxygen atoms in total. The summed E-state index contributed by atoms with van der Waals surface area (Å²) < 4.78 is 48.3. The predicted octanol–water partition coefficient (Wildman–Crippen LogP) is 0.295. The quantitative estimate of drug-likeness (QED) is 0.615.